The number of unbranched alkanes of at least 4 members (excludes halogenated alkanes) is 1. The van der Waals surface area contributed by atoms with Crippen molar-refractivity contribution in [3.63, 3.8) is 0 Å². The fraction of sp³-hybridized carbons (Fsp3) is 0.625. The molecule has 1 rings (SSSR count). The molecular weight excluding hydrogens is 160 g/mol. The van der Waals surface area contributed by atoms with Crippen molar-refractivity contribution < 1.29 is 12.4 Å². The SMILES string of the molecule is CCCCC1=[N+]C=CN1C.[Cl-]. The van der Waals surface area contributed by atoms with Crippen molar-refractivity contribution in [3.8, 4) is 0 Å². The Morgan fingerprint density at radius 3 is 2.73 bits per heavy atom. The maximum Gasteiger partial charge on any atom is 0.298 e. The first kappa shape index (κ1) is 10.5. The molecule has 0 bridgehead atoms. The summed E-state index contributed by atoms with van der Waals surface area (Å²) >= 11 is 0. The molecule has 0 saturated heterocycles. The van der Waals surface area contributed by atoms with Crippen LogP contribution in [0.15, 0.2) is 12.4 Å². The Labute approximate surface area is 74.4 Å². The van der Waals surface area contributed by atoms with Crippen LogP contribution in [0.25, 0.3) is 0 Å². The zero-order chi connectivity index (χ0) is 7.40. The van der Waals surface area contributed by atoms with Gasteiger partial charge in [0.05, 0.1) is 13.5 Å². The average molecular weight is 174 g/mol. The monoisotopic (exact) mass is 173 g/mol. The van der Waals surface area contributed by atoms with Gasteiger partial charge in [0.1, 0.15) is 6.20 Å². The molecule has 3 heteroatoms. The van der Waals surface area contributed by atoms with Gasteiger partial charge in [-0.15, -0.1) is 0 Å². The van der Waals surface area contributed by atoms with E-state index in [0.29, 0.717) is 0 Å². The molecule has 0 saturated carbocycles. The van der Waals surface area contributed by atoms with Crippen LogP contribution in [0.1, 0.15) is 26.2 Å². The molecule has 0 aromatic heterocycles. The minimum absolute atomic E-state index is 0. The molecule has 0 aliphatic carbocycles. The molecule has 0 spiro atoms. The summed E-state index contributed by atoms with van der Waals surface area (Å²) < 4.78 is 0. The Bertz CT molecular complexity index is 163. The van der Waals surface area contributed by atoms with Crippen molar-refractivity contribution in [2.45, 2.75) is 26.2 Å². The summed E-state index contributed by atoms with van der Waals surface area (Å²) in [7, 11) is 2.04. The third-order valence-electron chi connectivity index (χ3n) is 1.67. The van der Waals surface area contributed by atoms with Crippen LogP contribution in [-0.2, 0) is 0 Å². The standard InChI is InChI=1S/C8H14N2.ClH/c1-3-4-5-8-9-6-7-10(8)2;/h6-7H,3-5H2,1-2H3;1H/q+1;/p-1. The zero-order valence-electron chi connectivity index (χ0n) is 7.05. The quantitative estimate of drug-likeness (QED) is 0.499. The Morgan fingerprint density at radius 2 is 2.27 bits per heavy atom. The van der Waals surface area contributed by atoms with E-state index in [9.17, 15) is 0 Å². The fourth-order valence-electron chi connectivity index (χ4n) is 0.972. The molecule has 2 nitrogen and oxygen atoms in total. The van der Waals surface area contributed by atoms with Crippen LogP contribution in [0.5, 0.6) is 0 Å². The summed E-state index contributed by atoms with van der Waals surface area (Å²) in [4.78, 5) is 6.30. The molecule has 0 atom stereocenters. The third-order valence-corrected chi connectivity index (χ3v) is 1.67. The van der Waals surface area contributed by atoms with Gasteiger partial charge in [-0.1, -0.05) is 18.3 Å². The van der Waals surface area contributed by atoms with Crippen molar-refractivity contribution in [3.05, 3.63) is 12.4 Å². The molecule has 0 unspecified atom stereocenters. The lowest BCUT2D eigenvalue weighted by Crippen LogP contribution is -3.00. The highest BCUT2D eigenvalue weighted by Crippen LogP contribution is 2.01. The van der Waals surface area contributed by atoms with E-state index in [4.69, 9.17) is 0 Å². The third kappa shape index (κ3) is 2.93. The summed E-state index contributed by atoms with van der Waals surface area (Å²) in [6, 6.07) is 0. The number of aliphatic imine (C=N–C) groups is 1. The second-order valence-electron chi connectivity index (χ2n) is 2.56. The molecule has 0 aromatic carbocycles. The van der Waals surface area contributed by atoms with Crippen molar-refractivity contribution in [1.29, 1.82) is 0 Å². The Hall–Kier alpha value is -0.500. The van der Waals surface area contributed by atoms with Crippen LogP contribution < -0.4 is 17.4 Å². The van der Waals surface area contributed by atoms with E-state index in [0.717, 1.165) is 6.42 Å². The van der Waals surface area contributed by atoms with Crippen LogP contribution >= 0.6 is 0 Å². The molecule has 1 aliphatic rings. The van der Waals surface area contributed by atoms with Crippen molar-refractivity contribution in [2.24, 2.45) is 0 Å². The van der Waals surface area contributed by atoms with E-state index in [1.54, 1.807) is 0 Å². The highest BCUT2D eigenvalue weighted by atomic mass is 35.5. The van der Waals surface area contributed by atoms with E-state index in [2.05, 4.69) is 16.8 Å². The molecule has 11 heavy (non-hydrogen) atoms. The number of rotatable bonds is 3. The lowest BCUT2D eigenvalue weighted by molar-refractivity contribution is -0.00000230. The van der Waals surface area contributed by atoms with E-state index >= 15 is 0 Å². The van der Waals surface area contributed by atoms with Crippen LogP contribution in [0, 0.1) is 0 Å². The Balaban J connectivity index is 0.000001000. The van der Waals surface area contributed by atoms with Gasteiger partial charge in [-0.2, -0.15) is 0 Å². The topological polar surface area (TPSA) is 17.3 Å². The summed E-state index contributed by atoms with van der Waals surface area (Å²) in [5.74, 6) is 1.20. The lowest BCUT2D eigenvalue weighted by atomic mass is 10.2. The zero-order valence-corrected chi connectivity index (χ0v) is 7.80. The van der Waals surface area contributed by atoms with Crippen LogP contribution in [0.4, 0.5) is 0 Å². The van der Waals surface area contributed by atoms with Gasteiger partial charge in [-0.3, -0.25) is 0 Å². The van der Waals surface area contributed by atoms with E-state index < -0.39 is 0 Å². The van der Waals surface area contributed by atoms with Gasteiger partial charge in [-0.05, 0) is 6.42 Å². The van der Waals surface area contributed by atoms with Gasteiger partial charge in [0, 0.05) is 0 Å². The second kappa shape index (κ2) is 5.19. The Kier molecular flexibility index (Phi) is 4.95. The van der Waals surface area contributed by atoms with Crippen LogP contribution in [0.2, 0.25) is 0 Å². The molecular formula is C8H14ClN2. The predicted molar refractivity (Wildman–Crippen MR) is 43.6 cm³/mol. The van der Waals surface area contributed by atoms with Gasteiger partial charge in [0.25, 0.3) is 5.84 Å². The number of nitrogens with zero attached hydrogens (tertiary/aromatic N) is 2. The highest BCUT2D eigenvalue weighted by molar-refractivity contribution is 5.83. The van der Waals surface area contributed by atoms with E-state index in [1.807, 2.05) is 19.4 Å². The fourth-order valence-corrected chi connectivity index (χ4v) is 0.972. The molecule has 0 aromatic rings. The molecule has 0 fully saturated rings. The van der Waals surface area contributed by atoms with E-state index in [1.165, 1.54) is 18.7 Å². The minimum atomic E-state index is 0. The minimum Gasteiger partial charge on any atom is -1.00 e. The summed E-state index contributed by atoms with van der Waals surface area (Å²) in [5.41, 5.74) is 0. The average Bonchev–Trinajstić information content (AvgIpc) is 2.31. The molecule has 0 amide bonds. The van der Waals surface area contributed by atoms with Gasteiger partial charge >= 0.3 is 0 Å². The second-order valence-corrected chi connectivity index (χ2v) is 2.56. The van der Waals surface area contributed by atoms with Crippen LogP contribution in [0.3, 0.4) is 0 Å². The largest absolute Gasteiger partial charge is 1.00 e. The van der Waals surface area contributed by atoms with Gasteiger partial charge in [-0.25, -0.2) is 4.90 Å². The van der Waals surface area contributed by atoms with Gasteiger partial charge in [0.2, 0.25) is 0 Å². The first-order chi connectivity index (χ1) is 4.84. The molecule has 1 aliphatic heterocycles. The number of amidine groups is 1. The highest BCUT2D eigenvalue weighted by Gasteiger charge is 2.17. The maximum atomic E-state index is 4.22. The Morgan fingerprint density at radius 1 is 1.55 bits per heavy atom. The normalized spacial score (nSPS) is 14.7. The van der Waals surface area contributed by atoms with Gasteiger partial charge in [0.15, 0.2) is 6.20 Å². The summed E-state index contributed by atoms with van der Waals surface area (Å²) in [5, 5.41) is 0. The first-order valence-electron chi connectivity index (χ1n) is 3.80. The summed E-state index contributed by atoms with van der Waals surface area (Å²) in [6.07, 6.45) is 7.44. The lowest BCUT2D eigenvalue weighted by Gasteiger charge is -1.99. The number of hydrogen-bond acceptors (Lipinski definition) is 2. The number of hydrogen-bond donors (Lipinski definition) is 0. The van der Waals surface area contributed by atoms with Crippen molar-refractivity contribution in [1.82, 2.24) is 9.89 Å². The van der Waals surface area contributed by atoms with Gasteiger partial charge < -0.3 is 12.4 Å². The smallest absolute Gasteiger partial charge is 0.298 e. The number of halogens is 1. The van der Waals surface area contributed by atoms with E-state index in [-0.39, 0.29) is 12.4 Å². The first-order valence-corrected chi connectivity index (χ1v) is 3.80. The maximum absolute atomic E-state index is 4.22. The predicted octanol–water partition coefficient (Wildman–Crippen LogP) is -1.67. The van der Waals surface area contributed by atoms with Crippen molar-refractivity contribution >= 4 is 5.84 Å². The molecule has 1 heterocycles. The van der Waals surface area contributed by atoms with Crippen LogP contribution in [-0.4, -0.2) is 17.8 Å². The van der Waals surface area contributed by atoms with Crippen molar-refractivity contribution in [2.75, 3.05) is 7.05 Å². The molecule has 0 N–H and O–H groups in total. The molecule has 1 radical (unpaired) electrons. The molecule has 63 valence electrons. The summed E-state index contributed by atoms with van der Waals surface area (Å²) in [6.45, 7) is 2.20.